The van der Waals surface area contributed by atoms with Crippen molar-refractivity contribution >= 4 is 17.7 Å². The van der Waals surface area contributed by atoms with Crippen molar-refractivity contribution in [2.45, 2.75) is 18.7 Å². The number of aliphatic carboxylic acids is 1. The van der Waals surface area contributed by atoms with Crippen LogP contribution < -0.4 is 5.73 Å². The maximum absolute atomic E-state index is 10.4. The van der Waals surface area contributed by atoms with Crippen molar-refractivity contribution in [1.29, 1.82) is 0 Å². The van der Waals surface area contributed by atoms with Crippen LogP contribution in [0.15, 0.2) is 18.5 Å². The van der Waals surface area contributed by atoms with Gasteiger partial charge in [-0.2, -0.15) is 11.8 Å². The topological polar surface area (TPSA) is 76.2 Å². The standard InChI is InChI=1S/C10H14N2O2S/c1-7-2-8(4-12-3-7)5-15-6-9(11)10(13)14/h2-4,9H,5-6,11H2,1H3,(H,13,14)/t9-/m1/s1. The molecule has 0 radical (unpaired) electrons. The molecule has 5 heteroatoms. The lowest BCUT2D eigenvalue weighted by Crippen LogP contribution is -2.32. The minimum atomic E-state index is -0.954. The minimum absolute atomic E-state index is 0.420. The number of hydrogen-bond acceptors (Lipinski definition) is 4. The third-order valence-corrected chi connectivity index (χ3v) is 2.95. The van der Waals surface area contributed by atoms with Gasteiger partial charge in [-0.15, -0.1) is 0 Å². The van der Waals surface area contributed by atoms with Crippen LogP contribution in [-0.4, -0.2) is 27.9 Å². The molecule has 1 atom stereocenters. The van der Waals surface area contributed by atoms with E-state index in [-0.39, 0.29) is 0 Å². The van der Waals surface area contributed by atoms with Crippen LogP contribution in [0.5, 0.6) is 0 Å². The summed E-state index contributed by atoms with van der Waals surface area (Å²) < 4.78 is 0. The lowest BCUT2D eigenvalue weighted by atomic mass is 10.2. The normalized spacial score (nSPS) is 12.4. The number of nitrogens with zero attached hydrogens (tertiary/aromatic N) is 1. The second-order valence-electron chi connectivity index (χ2n) is 3.33. The van der Waals surface area contributed by atoms with Gasteiger partial charge in [-0.05, 0) is 18.1 Å². The van der Waals surface area contributed by atoms with Gasteiger partial charge in [-0.1, -0.05) is 6.07 Å². The van der Waals surface area contributed by atoms with E-state index in [9.17, 15) is 4.79 Å². The third kappa shape index (κ3) is 4.31. The molecule has 1 heterocycles. The van der Waals surface area contributed by atoms with Crippen LogP contribution in [0.4, 0.5) is 0 Å². The maximum Gasteiger partial charge on any atom is 0.321 e. The van der Waals surface area contributed by atoms with E-state index in [0.29, 0.717) is 5.75 Å². The Morgan fingerprint density at radius 3 is 3.00 bits per heavy atom. The molecule has 3 N–H and O–H groups in total. The molecule has 82 valence electrons. The number of thioether (sulfide) groups is 1. The number of rotatable bonds is 5. The van der Waals surface area contributed by atoms with Crippen LogP contribution >= 0.6 is 11.8 Å². The average molecular weight is 226 g/mol. The zero-order valence-electron chi connectivity index (χ0n) is 8.51. The molecule has 0 aliphatic carbocycles. The molecule has 0 fully saturated rings. The summed E-state index contributed by atoms with van der Waals surface area (Å²) in [6, 6.07) is 1.25. The zero-order valence-corrected chi connectivity index (χ0v) is 9.33. The molecule has 0 bridgehead atoms. The highest BCUT2D eigenvalue weighted by atomic mass is 32.2. The quantitative estimate of drug-likeness (QED) is 0.784. The van der Waals surface area contributed by atoms with E-state index in [4.69, 9.17) is 10.8 Å². The Kier molecular flexibility index (Phi) is 4.58. The number of carboxylic acid groups (broad SMARTS) is 1. The fourth-order valence-electron chi connectivity index (χ4n) is 1.07. The summed E-state index contributed by atoms with van der Waals surface area (Å²) in [5.41, 5.74) is 7.58. The summed E-state index contributed by atoms with van der Waals surface area (Å²) in [6.45, 7) is 1.98. The molecule has 1 aromatic heterocycles. The highest BCUT2D eigenvalue weighted by Gasteiger charge is 2.10. The number of hydrogen-bond donors (Lipinski definition) is 2. The molecular formula is C10H14N2O2S. The number of aromatic nitrogens is 1. The number of carboxylic acids is 1. The van der Waals surface area contributed by atoms with Crippen molar-refractivity contribution in [1.82, 2.24) is 4.98 Å². The Morgan fingerprint density at radius 2 is 2.40 bits per heavy atom. The smallest absolute Gasteiger partial charge is 0.321 e. The van der Waals surface area contributed by atoms with Crippen molar-refractivity contribution in [2.75, 3.05) is 5.75 Å². The van der Waals surface area contributed by atoms with Crippen LogP contribution in [0.25, 0.3) is 0 Å². The van der Waals surface area contributed by atoms with Crippen molar-refractivity contribution in [3.8, 4) is 0 Å². The van der Waals surface area contributed by atoms with E-state index in [0.717, 1.165) is 16.9 Å². The number of nitrogens with two attached hydrogens (primary N) is 1. The van der Waals surface area contributed by atoms with Crippen molar-refractivity contribution in [3.05, 3.63) is 29.6 Å². The molecule has 0 saturated heterocycles. The van der Waals surface area contributed by atoms with E-state index >= 15 is 0 Å². The van der Waals surface area contributed by atoms with E-state index in [1.807, 2.05) is 13.0 Å². The van der Waals surface area contributed by atoms with Gasteiger partial charge in [0, 0.05) is 23.9 Å². The molecule has 0 aromatic carbocycles. The largest absolute Gasteiger partial charge is 0.480 e. The van der Waals surface area contributed by atoms with Gasteiger partial charge in [0.05, 0.1) is 0 Å². The molecular weight excluding hydrogens is 212 g/mol. The Labute approximate surface area is 92.9 Å². The predicted molar refractivity (Wildman–Crippen MR) is 60.7 cm³/mol. The van der Waals surface area contributed by atoms with Crippen LogP contribution in [0.2, 0.25) is 0 Å². The van der Waals surface area contributed by atoms with Crippen LogP contribution in [0, 0.1) is 6.92 Å². The molecule has 0 unspecified atom stereocenters. The van der Waals surface area contributed by atoms with Gasteiger partial charge in [-0.25, -0.2) is 0 Å². The Hall–Kier alpha value is -1.07. The van der Waals surface area contributed by atoms with E-state index in [1.54, 1.807) is 12.4 Å². The second-order valence-corrected chi connectivity index (χ2v) is 4.36. The zero-order chi connectivity index (χ0) is 11.3. The Morgan fingerprint density at radius 1 is 1.67 bits per heavy atom. The van der Waals surface area contributed by atoms with Gasteiger partial charge < -0.3 is 10.8 Å². The van der Waals surface area contributed by atoms with Crippen molar-refractivity contribution in [2.24, 2.45) is 5.73 Å². The van der Waals surface area contributed by atoms with E-state index in [2.05, 4.69) is 4.98 Å². The molecule has 0 saturated carbocycles. The molecule has 1 aromatic rings. The van der Waals surface area contributed by atoms with Crippen LogP contribution in [0.1, 0.15) is 11.1 Å². The fourth-order valence-corrected chi connectivity index (χ4v) is 1.98. The predicted octanol–water partition coefficient (Wildman–Crippen LogP) is 1.04. The summed E-state index contributed by atoms with van der Waals surface area (Å²) in [5, 5.41) is 8.57. The Balaban J connectivity index is 2.35. The first-order valence-electron chi connectivity index (χ1n) is 4.56. The van der Waals surface area contributed by atoms with Gasteiger partial charge in [-0.3, -0.25) is 9.78 Å². The van der Waals surface area contributed by atoms with E-state index in [1.165, 1.54) is 11.8 Å². The Bertz CT molecular complexity index is 344. The first kappa shape index (κ1) is 12.0. The van der Waals surface area contributed by atoms with Crippen molar-refractivity contribution in [3.63, 3.8) is 0 Å². The highest BCUT2D eigenvalue weighted by Crippen LogP contribution is 2.12. The van der Waals surface area contributed by atoms with Crippen LogP contribution in [-0.2, 0) is 10.5 Å². The van der Waals surface area contributed by atoms with Gasteiger partial charge in [0.1, 0.15) is 6.04 Å². The van der Waals surface area contributed by atoms with E-state index < -0.39 is 12.0 Å². The first-order valence-corrected chi connectivity index (χ1v) is 5.71. The van der Waals surface area contributed by atoms with Gasteiger partial charge in [0.25, 0.3) is 0 Å². The number of carbonyl (C=O) groups is 1. The maximum atomic E-state index is 10.4. The molecule has 0 spiro atoms. The highest BCUT2D eigenvalue weighted by molar-refractivity contribution is 7.98. The summed E-state index contributed by atoms with van der Waals surface area (Å²) in [5.74, 6) is 0.212. The fraction of sp³-hybridized carbons (Fsp3) is 0.400. The number of aryl methyl sites for hydroxylation is 1. The van der Waals surface area contributed by atoms with Crippen LogP contribution in [0.3, 0.4) is 0 Å². The minimum Gasteiger partial charge on any atom is -0.480 e. The summed E-state index contributed by atoms with van der Waals surface area (Å²) in [6.07, 6.45) is 3.57. The lowest BCUT2D eigenvalue weighted by molar-refractivity contribution is -0.137. The molecule has 15 heavy (non-hydrogen) atoms. The lowest BCUT2D eigenvalue weighted by Gasteiger charge is -2.05. The molecule has 0 aliphatic rings. The summed E-state index contributed by atoms with van der Waals surface area (Å²) in [7, 11) is 0. The van der Waals surface area contributed by atoms with Crippen molar-refractivity contribution < 1.29 is 9.90 Å². The SMILES string of the molecule is Cc1cncc(CSC[C@@H](N)C(=O)O)c1. The average Bonchev–Trinajstić information content (AvgIpc) is 2.17. The summed E-state index contributed by atoms with van der Waals surface area (Å²) >= 11 is 1.51. The molecule has 0 aliphatic heterocycles. The van der Waals surface area contributed by atoms with Gasteiger partial charge in [0.2, 0.25) is 0 Å². The van der Waals surface area contributed by atoms with Gasteiger partial charge >= 0.3 is 5.97 Å². The third-order valence-electron chi connectivity index (χ3n) is 1.81. The summed E-state index contributed by atoms with van der Waals surface area (Å²) in [4.78, 5) is 14.5. The van der Waals surface area contributed by atoms with Gasteiger partial charge in [0.15, 0.2) is 0 Å². The second kappa shape index (κ2) is 5.72. The number of pyridine rings is 1. The molecule has 0 amide bonds. The molecule has 1 rings (SSSR count). The first-order chi connectivity index (χ1) is 7.09. The monoisotopic (exact) mass is 226 g/mol. The molecule has 4 nitrogen and oxygen atoms in total.